The van der Waals surface area contributed by atoms with Gasteiger partial charge >= 0.3 is 0 Å². The van der Waals surface area contributed by atoms with E-state index in [2.05, 4.69) is 5.32 Å². The molecular weight excluding hydrogens is 406 g/mol. The third-order valence-corrected chi connectivity index (χ3v) is 5.30. The van der Waals surface area contributed by atoms with Crippen LogP contribution in [0.5, 0.6) is 11.5 Å². The number of methoxy groups -OCH3 is 1. The number of para-hydroxylation sites is 1. The molecule has 2 heterocycles. The molecule has 9 heteroatoms. The summed E-state index contributed by atoms with van der Waals surface area (Å²) in [6, 6.07) is 12.3. The van der Waals surface area contributed by atoms with Gasteiger partial charge in [0.1, 0.15) is 24.4 Å². The molecule has 0 aromatic heterocycles. The van der Waals surface area contributed by atoms with Crippen LogP contribution in [0.3, 0.4) is 0 Å². The first-order valence-corrected chi connectivity index (χ1v) is 9.70. The Hall–Kier alpha value is -2.95. The average Bonchev–Trinajstić information content (AvgIpc) is 3.10. The third kappa shape index (κ3) is 4.01. The first-order chi connectivity index (χ1) is 14.9. The second-order valence-electron chi connectivity index (χ2n) is 7.28. The first kappa shape index (κ1) is 21.3. The first-order valence-electron chi connectivity index (χ1n) is 9.70. The highest BCUT2D eigenvalue weighted by Crippen LogP contribution is 2.36. The Bertz CT molecular complexity index is 1000. The quantitative estimate of drug-likeness (QED) is 0.430. The summed E-state index contributed by atoms with van der Waals surface area (Å²) < 4.78 is 16.4. The number of rotatable bonds is 5. The van der Waals surface area contributed by atoms with Gasteiger partial charge in [0.15, 0.2) is 11.5 Å². The number of benzene rings is 2. The van der Waals surface area contributed by atoms with Crippen LogP contribution in [0.2, 0.25) is 0 Å². The molecule has 0 aliphatic carbocycles. The van der Waals surface area contributed by atoms with Crippen LogP contribution in [0.15, 0.2) is 42.5 Å². The number of ether oxygens (including phenoxy) is 3. The molecule has 0 radical (unpaired) electrons. The molecule has 2 aromatic rings. The maximum atomic E-state index is 12.3. The van der Waals surface area contributed by atoms with Gasteiger partial charge in [-0.3, -0.25) is 4.79 Å². The average molecular weight is 429 g/mol. The van der Waals surface area contributed by atoms with Crippen molar-refractivity contribution < 1.29 is 39.4 Å². The lowest BCUT2D eigenvalue weighted by Crippen LogP contribution is -2.60. The lowest BCUT2D eigenvalue weighted by molar-refractivity contribution is -0.277. The summed E-state index contributed by atoms with van der Waals surface area (Å²) in [5.74, 6) is 0.310. The molecule has 164 valence electrons. The molecule has 1 saturated heterocycles. The minimum Gasteiger partial charge on any atom is -0.493 e. The number of anilines is 1. The van der Waals surface area contributed by atoms with Gasteiger partial charge in [0.2, 0.25) is 6.29 Å². The number of carbonyl (C=O) groups is 1. The van der Waals surface area contributed by atoms with E-state index in [-0.39, 0.29) is 11.7 Å². The van der Waals surface area contributed by atoms with E-state index in [0.29, 0.717) is 16.9 Å². The Balaban J connectivity index is 1.59. The predicted molar refractivity (Wildman–Crippen MR) is 110 cm³/mol. The van der Waals surface area contributed by atoms with Gasteiger partial charge in [0, 0.05) is 16.8 Å². The topological polar surface area (TPSA) is 138 Å². The van der Waals surface area contributed by atoms with Crippen molar-refractivity contribution in [3.63, 3.8) is 0 Å². The molecule has 4 rings (SSSR count). The zero-order valence-electron chi connectivity index (χ0n) is 16.6. The van der Waals surface area contributed by atoms with Crippen molar-refractivity contribution in [2.24, 2.45) is 0 Å². The molecule has 2 aromatic carbocycles. The van der Waals surface area contributed by atoms with Crippen molar-refractivity contribution >= 4 is 23.2 Å². The van der Waals surface area contributed by atoms with Crippen molar-refractivity contribution in [3.8, 4) is 11.5 Å². The molecule has 0 spiro atoms. The SMILES string of the molecule is COc1cc(C=C2C(=O)Nc3ccccc32)ccc1O[C@@H]1O[C@H](CO)[C@H](O)[C@H](O)[C@H]1O. The molecule has 5 atom stereocenters. The number of aliphatic hydroxyl groups excluding tert-OH is 4. The van der Waals surface area contributed by atoms with Crippen molar-refractivity contribution in [1.29, 1.82) is 0 Å². The fraction of sp³-hybridized carbons (Fsp3) is 0.318. The number of fused-ring (bicyclic) bond motifs is 1. The van der Waals surface area contributed by atoms with Crippen LogP contribution in [0.25, 0.3) is 11.6 Å². The molecule has 5 N–H and O–H groups in total. The number of amides is 1. The van der Waals surface area contributed by atoms with Crippen LogP contribution in [-0.4, -0.2) is 70.8 Å². The van der Waals surface area contributed by atoms with Crippen LogP contribution in [-0.2, 0) is 9.53 Å². The minimum absolute atomic E-state index is 0.207. The summed E-state index contributed by atoms with van der Waals surface area (Å²) in [5.41, 5.74) is 2.74. The minimum atomic E-state index is -1.55. The van der Waals surface area contributed by atoms with E-state index >= 15 is 0 Å². The second-order valence-corrected chi connectivity index (χ2v) is 7.28. The molecule has 0 bridgehead atoms. The highest BCUT2D eigenvalue weighted by Gasteiger charge is 2.45. The predicted octanol–water partition coefficient (Wildman–Crippen LogP) is 0.367. The van der Waals surface area contributed by atoms with Gasteiger partial charge in [-0.2, -0.15) is 0 Å². The van der Waals surface area contributed by atoms with E-state index in [0.717, 1.165) is 11.3 Å². The molecule has 0 saturated carbocycles. The second kappa shape index (κ2) is 8.66. The van der Waals surface area contributed by atoms with Crippen molar-refractivity contribution in [2.45, 2.75) is 30.7 Å². The van der Waals surface area contributed by atoms with Crippen LogP contribution in [0.1, 0.15) is 11.1 Å². The Morgan fingerprint density at radius 3 is 2.58 bits per heavy atom. The molecule has 31 heavy (non-hydrogen) atoms. The molecular formula is C22H23NO8. The van der Waals surface area contributed by atoms with E-state index in [1.54, 1.807) is 24.3 Å². The summed E-state index contributed by atoms with van der Waals surface area (Å²) in [5, 5.41) is 42.1. The normalized spacial score (nSPS) is 28.9. The van der Waals surface area contributed by atoms with Crippen LogP contribution >= 0.6 is 0 Å². The maximum absolute atomic E-state index is 12.3. The monoisotopic (exact) mass is 429 g/mol. The molecule has 2 aliphatic rings. The van der Waals surface area contributed by atoms with E-state index < -0.39 is 37.3 Å². The van der Waals surface area contributed by atoms with E-state index in [9.17, 15) is 25.2 Å². The van der Waals surface area contributed by atoms with Gasteiger partial charge in [-0.05, 0) is 29.8 Å². The zero-order valence-corrected chi connectivity index (χ0v) is 16.6. The summed E-state index contributed by atoms with van der Waals surface area (Å²) >= 11 is 0. The number of hydrogen-bond donors (Lipinski definition) is 5. The molecule has 2 aliphatic heterocycles. The molecule has 0 unspecified atom stereocenters. The Labute approximate surface area is 178 Å². The van der Waals surface area contributed by atoms with Gasteiger partial charge in [0.25, 0.3) is 5.91 Å². The van der Waals surface area contributed by atoms with E-state index in [1.807, 2.05) is 24.3 Å². The van der Waals surface area contributed by atoms with Gasteiger partial charge in [-0.1, -0.05) is 24.3 Å². The van der Waals surface area contributed by atoms with E-state index in [1.165, 1.54) is 7.11 Å². The van der Waals surface area contributed by atoms with E-state index in [4.69, 9.17) is 14.2 Å². The van der Waals surface area contributed by atoms with Crippen molar-refractivity contribution in [2.75, 3.05) is 19.0 Å². The summed E-state index contributed by atoms with van der Waals surface area (Å²) in [6.45, 7) is -0.558. The summed E-state index contributed by atoms with van der Waals surface area (Å²) in [6.07, 6.45) is -5.26. The number of carbonyl (C=O) groups excluding carboxylic acids is 1. The number of aliphatic hydroxyl groups is 4. The van der Waals surface area contributed by atoms with Gasteiger partial charge in [-0.15, -0.1) is 0 Å². The third-order valence-electron chi connectivity index (χ3n) is 5.30. The van der Waals surface area contributed by atoms with Crippen LogP contribution in [0, 0.1) is 0 Å². The standard InChI is InChI=1S/C22H23NO8/c1-29-16-9-11(8-13-12-4-2-3-5-14(12)23-21(13)28)6-7-15(16)30-22-20(27)19(26)18(25)17(10-24)31-22/h2-9,17-20,22,24-27H,10H2,1H3,(H,23,28)/t17-,18+,19+,20-,22-/m1/s1. The fourth-order valence-electron chi connectivity index (χ4n) is 3.61. The van der Waals surface area contributed by atoms with Crippen molar-refractivity contribution in [3.05, 3.63) is 53.6 Å². The van der Waals surface area contributed by atoms with Gasteiger partial charge in [-0.25, -0.2) is 0 Å². The lowest BCUT2D eigenvalue weighted by Gasteiger charge is -2.39. The Kier molecular flexibility index (Phi) is 5.94. The lowest BCUT2D eigenvalue weighted by atomic mass is 9.99. The molecule has 9 nitrogen and oxygen atoms in total. The van der Waals surface area contributed by atoms with Crippen LogP contribution < -0.4 is 14.8 Å². The Morgan fingerprint density at radius 1 is 1.06 bits per heavy atom. The molecule has 1 amide bonds. The van der Waals surface area contributed by atoms with Crippen molar-refractivity contribution in [1.82, 2.24) is 0 Å². The van der Waals surface area contributed by atoms with Gasteiger partial charge < -0.3 is 40.0 Å². The summed E-state index contributed by atoms with van der Waals surface area (Å²) in [4.78, 5) is 12.3. The Morgan fingerprint density at radius 2 is 1.84 bits per heavy atom. The van der Waals surface area contributed by atoms with Gasteiger partial charge in [0.05, 0.1) is 13.7 Å². The zero-order chi connectivity index (χ0) is 22.1. The summed E-state index contributed by atoms with van der Waals surface area (Å²) in [7, 11) is 1.43. The molecule has 1 fully saturated rings. The highest BCUT2D eigenvalue weighted by molar-refractivity contribution is 6.34. The largest absolute Gasteiger partial charge is 0.493 e. The fourth-order valence-corrected chi connectivity index (χ4v) is 3.61. The highest BCUT2D eigenvalue weighted by atomic mass is 16.7. The number of nitrogens with one attached hydrogen (secondary N) is 1. The van der Waals surface area contributed by atoms with Crippen LogP contribution in [0.4, 0.5) is 5.69 Å². The smallest absolute Gasteiger partial charge is 0.256 e. The maximum Gasteiger partial charge on any atom is 0.256 e. The number of hydrogen-bond acceptors (Lipinski definition) is 8.